The molecule has 4 aromatic heterocycles. The summed E-state index contributed by atoms with van der Waals surface area (Å²) in [5.74, 6) is 0.0999. The lowest BCUT2D eigenvalue weighted by atomic mass is 9.79. The number of aryl methyl sites for hydroxylation is 2. The van der Waals surface area contributed by atoms with Gasteiger partial charge in [-0.1, -0.05) is 30.3 Å². The number of amides is 1. The summed E-state index contributed by atoms with van der Waals surface area (Å²) in [4.78, 5) is 46.2. The van der Waals surface area contributed by atoms with Gasteiger partial charge in [0.1, 0.15) is 17.0 Å². The first-order valence-corrected chi connectivity index (χ1v) is 16.7. The van der Waals surface area contributed by atoms with Crippen LogP contribution >= 0.6 is 11.3 Å². The summed E-state index contributed by atoms with van der Waals surface area (Å²) < 4.78 is 3.32. The standard InChI is InChI=1S/C35H39N7O3S/c1-24-18-26(8-13-36-24)32-37-19-27(46-32)20-40-15-10-28(30(21-40)25-6-4-3-5-7-25)33(43)41-16-11-35(45,12-17-41)22-42-23-38-31-29(34(42)44)9-14-39(31)2/h3-9,13-14,18-19,23,28,30,45H,10-12,15-17,20-22H2,1-2H3/t28-,30+/m1/s1. The Hall–Kier alpha value is -4.19. The number of benzene rings is 1. The van der Waals surface area contributed by atoms with Crippen LogP contribution in [0.2, 0.25) is 0 Å². The molecule has 1 N–H and O–H groups in total. The van der Waals surface area contributed by atoms with Crippen molar-refractivity contribution in [3.8, 4) is 10.6 Å². The number of nitrogens with zero attached hydrogens (tertiary/aromatic N) is 7. The van der Waals surface area contributed by atoms with Gasteiger partial charge in [0, 0.05) is 79.8 Å². The maximum Gasteiger partial charge on any atom is 0.262 e. The predicted molar refractivity (Wildman–Crippen MR) is 178 cm³/mol. The fraction of sp³-hybridized carbons (Fsp3) is 0.400. The zero-order chi connectivity index (χ0) is 31.8. The van der Waals surface area contributed by atoms with E-state index in [-0.39, 0.29) is 29.8 Å². The molecule has 238 valence electrons. The van der Waals surface area contributed by atoms with E-state index in [0.717, 1.165) is 42.3 Å². The van der Waals surface area contributed by atoms with Gasteiger partial charge in [0.05, 0.1) is 17.5 Å². The van der Waals surface area contributed by atoms with E-state index in [1.165, 1.54) is 21.3 Å². The zero-order valence-corrected chi connectivity index (χ0v) is 27.1. The van der Waals surface area contributed by atoms with Gasteiger partial charge in [-0.2, -0.15) is 0 Å². The van der Waals surface area contributed by atoms with Crippen molar-refractivity contribution in [1.29, 1.82) is 0 Å². The average molecular weight is 638 g/mol. The number of piperidine rings is 2. The van der Waals surface area contributed by atoms with Gasteiger partial charge in [0.15, 0.2) is 0 Å². The highest BCUT2D eigenvalue weighted by Crippen LogP contribution is 2.37. The summed E-state index contributed by atoms with van der Waals surface area (Å²) in [6.45, 7) is 5.50. The molecule has 7 rings (SSSR count). The van der Waals surface area contributed by atoms with E-state index in [1.54, 1.807) is 17.4 Å². The first-order valence-electron chi connectivity index (χ1n) is 15.9. The molecule has 2 aliphatic heterocycles. The van der Waals surface area contributed by atoms with Crippen molar-refractivity contribution >= 4 is 28.3 Å². The lowest BCUT2D eigenvalue weighted by molar-refractivity contribution is -0.142. The lowest BCUT2D eigenvalue weighted by Crippen LogP contribution is -2.53. The Morgan fingerprint density at radius 3 is 2.65 bits per heavy atom. The van der Waals surface area contributed by atoms with Gasteiger partial charge < -0.3 is 14.6 Å². The minimum Gasteiger partial charge on any atom is -0.388 e. The molecule has 0 saturated carbocycles. The molecule has 6 heterocycles. The topological polar surface area (TPSA) is 109 Å². The second-order valence-electron chi connectivity index (χ2n) is 12.9. The Labute approximate surface area is 272 Å². The van der Waals surface area contributed by atoms with Gasteiger partial charge in [-0.25, -0.2) is 9.97 Å². The average Bonchev–Trinajstić information content (AvgIpc) is 3.69. The third-order valence-corrected chi connectivity index (χ3v) is 10.7. The van der Waals surface area contributed by atoms with Crippen LogP contribution < -0.4 is 5.56 Å². The SMILES string of the molecule is Cc1cc(-c2ncc(CN3CC[C@@H](C(=O)N4CCC(O)(Cn5cnc6c(ccn6C)c5=O)CC4)[C@H](c4ccccc4)C3)s2)ccn1. The highest BCUT2D eigenvalue weighted by molar-refractivity contribution is 7.15. The van der Waals surface area contributed by atoms with E-state index in [9.17, 15) is 14.7 Å². The predicted octanol–water partition coefficient (Wildman–Crippen LogP) is 4.22. The molecule has 0 unspecified atom stereocenters. The number of hydrogen-bond donors (Lipinski definition) is 1. The van der Waals surface area contributed by atoms with Crippen LogP contribution in [0.4, 0.5) is 0 Å². The van der Waals surface area contributed by atoms with E-state index < -0.39 is 5.60 Å². The van der Waals surface area contributed by atoms with Gasteiger partial charge in [-0.3, -0.25) is 24.0 Å². The number of aliphatic hydroxyl groups is 1. The van der Waals surface area contributed by atoms with Gasteiger partial charge >= 0.3 is 0 Å². The third kappa shape index (κ3) is 6.14. The number of hydrogen-bond acceptors (Lipinski definition) is 8. The number of carbonyl (C=O) groups is 1. The second-order valence-corrected chi connectivity index (χ2v) is 14.0. The first kappa shape index (κ1) is 30.5. The van der Waals surface area contributed by atoms with Crippen LogP contribution in [-0.2, 0) is 24.9 Å². The van der Waals surface area contributed by atoms with Gasteiger partial charge in [-0.05, 0) is 56.5 Å². The minimum absolute atomic E-state index is 0.0701. The number of aromatic nitrogens is 5. The quantitative estimate of drug-likeness (QED) is 0.285. The van der Waals surface area contributed by atoms with E-state index in [1.807, 2.05) is 66.3 Å². The smallest absolute Gasteiger partial charge is 0.262 e. The summed E-state index contributed by atoms with van der Waals surface area (Å²) in [7, 11) is 1.85. The fourth-order valence-electron chi connectivity index (χ4n) is 7.06. The van der Waals surface area contributed by atoms with Gasteiger partial charge in [0.25, 0.3) is 5.56 Å². The molecule has 5 aromatic rings. The number of pyridine rings is 1. The Kier molecular flexibility index (Phi) is 8.31. The van der Waals surface area contributed by atoms with Crippen LogP contribution in [-0.4, -0.2) is 76.7 Å². The summed E-state index contributed by atoms with van der Waals surface area (Å²) in [5.41, 5.74) is 2.64. The van der Waals surface area contributed by atoms with E-state index in [0.29, 0.717) is 37.0 Å². The molecule has 2 fully saturated rings. The Balaban J connectivity index is 1.02. The van der Waals surface area contributed by atoms with Crippen molar-refractivity contribution in [1.82, 2.24) is 33.9 Å². The maximum absolute atomic E-state index is 14.1. The fourth-order valence-corrected chi connectivity index (χ4v) is 8.01. The van der Waals surface area contributed by atoms with Crippen LogP contribution in [0, 0.1) is 12.8 Å². The monoisotopic (exact) mass is 637 g/mol. The number of fused-ring (bicyclic) bond motifs is 1. The van der Waals surface area contributed by atoms with Gasteiger partial charge in [0.2, 0.25) is 5.91 Å². The molecule has 10 nitrogen and oxygen atoms in total. The van der Waals surface area contributed by atoms with Crippen molar-refractivity contribution in [2.75, 3.05) is 26.2 Å². The highest BCUT2D eigenvalue weighted by Gasteiger charge is 2.41. The normalized spacial score (nSPS) is 20.3. The molecule has 0 bridgehead atoms. The number of carbonyl (C=O) groups excluding carboxylic acids is 1. The molecule has 0 spiro atoms. The zero-order valence-electron chi connectivity index (χ0n) is 26.2. The minimum atomic E-state index is -1.07. The van der Waals surface area contributed by atoms with Crippen LogP contribution in [0.5, 0.6) is 0 Å². The molecule has 46 heavy (non-hydrogen) atoms. The van der Waals surface area contributed by atoms with Crippen molar-refractivity contribution in [2.45, 2.75) is 50.8 Å². The van der Waals surface area contributed by atoms with Crippen molar-refractivity contribution in [3.05, 3.63) is 99.9 Å². The molecule has 0 radical (unpaired) electrons. The van der Waals surface area contributed by atoms with E-state index in [4.69, 9.17) is 4.98 Å². The van der Waals surface area contributed by atoms with Crippen molar-refractivity contribution < 1.29 is 9.90 Å². The van der Waals surface area contributed by atoms with Crippen LogP contribution in [0.3, 0.4) is 0 Å². The summed E-state index contributed by atoms with van der Waals surface area (Å²) in [6, 6.07) is 16.2. The molecule has 11 heteroatoms. The molecule has 1 amide bonds. The Bertz CT molecular complexity index is 1910. The second kappa shape index (κ2) is 12.5. The number of thiazole rings is 1. The van der Waals surface area contributed by atoms with Crippen molar-refractivity contribution in [3.63, 3.8) is 0 Å². The molecule has 1 aromatic carbocycles. The third-order valence-electron chi connectivity index (χ3n) is 9.64. The van der Waals surface area contributed by atoms with Crippen molar-refractivity contribution in [2.24, 2.45) is 13.0 Å². The lowest BCUT2D eigenvalue weighted by Gasteiger charge is -2.43. The molecule has 2 atom stereocenters. The Morgan fingerprint density at radius 1 is 1.07 bits per heavy atom. The van der Waals surface area contributed by atoms with E-state index >= 15 is 0 Å². The molecular formula is C35H39N7O3S. The maximum atomic E-state index is 14.1. The van der Waals surface area contributed by atoms with Crippen LogP contribution in [0.15, 0.2) is 78.2 Å². The van der Waals surface area contributed by atoms with Crippen LogP contribution in [0.1, 0.15) is 41.3 Å². The van der Waals surface area contributed by atoms with Gasteiger partial charge in [-0.15, -0.1) is 11.3 Å². The Morgan fingerprint density at radius 2 is 1.87 bits per heavy atom. The molecular weight excluding hydrogens is 598 g/mol. The van der Waals surface area contributed by atoms with E-state index in [2.05, 4.69) is 33.1 Å². The largest absolute Gasteiger partial charge is 0.388 e. The highest BCUT2D eigenvalue weighted by atomic mass is 32.1. The number of likely N-dealkylation sites (tertiary alicyclic amines) is 2. The molecule has 2 aliphatic rings. The molecule has 0 aliphatic carbocycles. The molecule has 2 saturated heterocycles. The summed E-state index contributed by atoms with van der Waals surface area (Å²) in [6.07, 6.45) is 8.73. The van der Waals surface area contributed by atoms with Crippen LogP contribution in [0.25, 0.3) is 21.6 Å². The number of rotatable bonds is 7. The summed E-state index contributed by atoms with van der Waals surface area (Å²) in [5, 5.41) is 13.0. The first-order chi connectivity index (χ1) is 22.3. The summed E-state index contributed by atoms with van der Waals surface area (Å²) >= 11 is 1.71.